The molecule has 0 aliphatic heterocycles. The van der Waals surface area contributed by atoms with Gasteiger partial charge in [0, 0.05) is 19.8 Å². The fraction of sp³-hybridized carbons (Fsp3) is 0.692. The van der Waals surface area contributed by atoms with E-state index in [0.717, 1.165) is 19.1 Å². The van der Waals surface area contributed by atoms with Crippen LogP contribution in [0.25, 0.3) is 0 Å². The molecule has 16 heavy (non-hydrogen) atoms. The average Bonchev–Trinajstić information content (AvgIpc) is 2.09. The highest BCUT2D eigenvalue weighted by Crippen LogP contribution is 2.42. The third-order valence-corrected chi connectivity index (χ3v) is 3.22. The lowest BCUT2D eigenvalue weighted by molar-refractivity contribution is -0.147. The Labute approximate surface area is 96.9 Å². The Morgan fingerprint density at radius 3 is 2.62 bits per heavy atom. The third kappa shape index (κ3) is 2.94. The van der Waals surface area contributed by atoms with Gasteiger partial charge in [0.15, 0.2) is 0 Å². The predicted octanol–water partition coefficient (Wildman–Crippen LogP) is 2.64. The summed E-state index contributed by atoms with van der Waals surface area (Å²) in [6.45, 7) is 7.67. The smallest absolute Gasteiger partial charge is 0.302 e. The van der Waals surface area contributed by atoms with Gasteiger partial charge in [0.2, 0.25) is 0 Å². The molecule has 3 heteroatoms. The topological polar surface area (TPSA) is 43.4 Å². The van der Waals surface area contributed by atoms with E-state index in [1.54, 1.807) is 0 Å². The monoisotopic (exact) mass is 224 g/mol. The molecule has 0 bridgehead atoms. The lowest BCUT2D eigenvalue weighted by atomic mass is 9.70. The maximum Gasteiger partial charge on any atom is 0.302 e. The van der Waals surface area contributed by atoms with Gasteiger partial charge in [-0.15, -0.1) is 0 Å². The summed E-state index contributed by atoms with van der Waals surface area (Å²) >= 11 is 0. The lowest BCUT2D eigenvalue weighted by Crippen LogP contribution is -2.32. The van der Waals surface area contributed by atoms with Crippen LogP contribution in [0.4, 0.5) is 0 Å². The van der Waals surface area contributed by atoms with Gasteiger partial charge in [-0.2, -0.15) is 0 Å². The van der Waals surface area contributed by atoms with E-state index in [4.69, 9.17) is 4.74 Å². The first-order valence-electron chi connectivity index (χ1n) is 5.67. The van der Waals surface area contributed by atoms with Crippen molar-refractivity contribution in [3.05, 3.63) is 11.1 Å². The normalized spacial score (nSPS) is 24.1. The number of carbonyl (C=O) groups is 2. The van der Waals surface area contributed by atoms with Crippen molar-refractivity contribution in [2.75, 3.05) is 0 Å². The van der Waals surface area contributed by atoms with Crippen molar-refractivity contribution in [2.24, 2.45) is 5.41 Å². The number of carbonyl (C=O) groups excluding carboxylic acids is 2. The summed E-state index contributed by atoms with van der Waals surface area (Å²) in [7, 11) is 0. The molecule has 0 aromatic carbocycles. The molecule has 1 aliphatic rings. The molecule has 0 spiro atoms. The SMILES string of the molecule is CC(=O)O[C@@H]1CC(C)=C(CC=O)C(C)(C)C1. The van der Waals surface area contributed by atoms with Crippen molar-refractivity contribution in [2.45, 2.75) is 53.1 Å². The summed E-state index contributed by atoms with van der Waals surface area (Å²) < 4.78 is 5.26. The molecule has 1 aliphatic carbocycles. The summed E-state index contributed by atoms with van der Waals surface area (Å²) in [6.07, 6.45) is 2.96. The van der Waals surface area contributed by atoms with Gasteiger partial charge in [0.05, 0.1) is 0 Å². The van der Waals surface area contributed by atoms with E-state index in [-0.39, 0.29) is 17.5 Å². The highest BCUT2D eigenvalue weighted by molar-refractivity contribution is 5.66. The fourth-order valence-electron chi connectivity index (χ4n) is 2.66. The molecule has 0 unspecified atom stereocenters. The Bertz CT molecular complexity index is 326. The second-order valence-electron chi connectivity index (χ2n) is 5.15. The lowest BCUT2D eigenvalue weighted by Gasteiger charge is -2.37. The molecule has 0 N–H and O–H groups in total. The molecule has 0 saturated heterocycles. The van der Waals surface area contributed by atoms with Crippen LogP contribution in [0.3, 0.4) is 0 Å². The molecule has 3 nitrogen and oxygen atoms in total. The first kappa shape index (κ1) is 12.9. The zero-order valence-corrected chi connectivity index (χ0v) is 10.5. The van der Waals surface area contributed by atoms with E-state index < -0.39 is 0 Å². The highest BCUT2D eigenvalue weighted by atomic mass is 16.5. The van der Waals surface area contributed by atoms with Crippen LogP contribution in [-0.2, 0) is 14.3 Å². The zero-order valence-electron chi connectivity index (χ0n) is 10.5. The molecule has 0 radical (unpaired) electrons. The molecule has 1 atom stereocenters. The number of ether oxygens (including phenoxy) is 1. The van der Waals surface area contributed by atoms with Crippen molar-refractivity contribution in [1.82, 2.24) is 0 Å². The zero-order chi connectivity index (χ0) is 12.3. The highest BCUT2D eigenvalue weighted by Gasteiger charge is 2.34. The molecule has 0 aromatic rings. The van der Waals surface area contributed by atoms with Crippen molar-refractivity contribution in [1.29, 1.82) is 0 Å². The quantitative estimate of drug-likeness (QED) is 0.420. The Morgan fingerprint density at radius 1 is 1.56 bits per heavy atom. The molecule has 0 amide bonds. The number of hydrogen-bond acceptors (Lipinski definition) is 3. The summed E-state index contributed by atoms with van der Waals surface area (Å²) in [5.41, 5.74) is 2.34. The number of esters is 1. The molecule has 0 fully saturated rings. The van der Waals surface area contributed by atoms with Gasteiger partial charge in [-0.25, -0.2) is 0 Å². The number of aldehydes is 1. The van der Waals surface area contributed by atoms with Gasteiger partial charge in [-0.05, 0) is 18.8 Å². The Kier molecular flexibility index (Phi) is 3.89. The maximum absolute atomic E-state index is 10.9. The minimum atomic E-state index is -0.229. The summed E-state index contributed by atoms with van der Waals surface area (Å²) in [6, 6.07) is 0. The van der Waals surface area contributed by atoms with Crippen LogP contribution >= 0.6 is 0 Å². The van der Waals surface area contributed by atoms with Crippen LogP contribution < -0.4 is 0 Å². The first-order chi connectivity index (χ1) is 7.36. The van der Waals surface area contributed by atoms with Crippen LogP contribution in [0.1, 0.15) is 47.0 Å². The van der Waals surface area contributed by atoms with E-state index >= 15 is 0 Å². The summed E-state index contributed by atoms with van der Waals surface area (Å²) in [4.78, 5) is 21.6. The molecule has 0 saturated carbocycles. The van der Waals surface area contributed by atoms with Crippen molar-refractivity contribution in [3.63, 3.8) is 0 Å². The van der Waals surface area contributed by atoms with E-state index in [2.05, 4.69) is 13.8 Å². The van der Waals surface area contributed by atoms with Crippen molar-refractivity contribution >= 4 is 12.3 Å². The molecular formula is C13H20O3. The van der Waals surface area contributed by atoms with Crippen LogP contribution in [0.5, 0.6) is 0 Å². The van der Waals surface area contributed by atoms with Gasteiger partial charge in [-0.3, -0.25) is 4.79 Å². The largest absolute Gasteiger partial charge is 0.462 e. The van der Waals surface area contributed by atoms with Crippen molar-refractivity contribution < 1.29 is 14.3 Å². The maximum atomic E-state index is 10.9. The molecule has 0 aromatic heterocycles. The van der Waals surface area contributed by atoms with Gasteiger partial charge >= 0.3 is 5.97 Å². The standard InChI is InChI=1S/C13H20O3/c1-9-7-11(16-10(2)15)8-13(3,4)12(9)5-6-14/h6,11H,5,7-8H2,1-4H3/t11-/m1/s1. The number of allylic oxidation sites excluding steroid dienone is 1. The van der Waals surface area contributed by atoms with E-state index in [9.17, 15) is 9.59 Å². The van der Waals surface area contributed by atoms with Gasteiger partial charge in [0.25, 0.3) is 0 Å². The molecule has 1 rings (SSSR count). The minimum Gasteiger partial charge on any atom is -0.462 e. The second kappa shape index (κ2) is 4.81. The van der Waals surface area contributed by atoms with Crippen LogP contribution in [0.15, 0.2) is 11.1 Å². The average molecular weight is 224 g/mol. The third-order valence-electron chi connectivity index (χ3n) is 3.22. The minimum absolute atomic E-state index is 0.0390. The Morgan fingerprint density at radius 2 is 2.19 bits per heavy atom. The van der Waals surface area contributed by atoms with Gasteiger partial charge in [-0.1, -0.05) is 25.0 Å². The van der Waals surface area contributed by atoms with E-state index in [0.29, 0.717) is 6.42 Å². The summed E-state index contributed by atoms with van der Waals surface area (Å²) in [5.74, 6) is -0.229. The van der Waals surface area contributed by atoms with Crippen molar-refractivity contribution in [3.8, 4) is 0 Å². The fourth-order valence-corrected chi connectivity index (χ4v) is 2.66. The molecule has 0 heterocycles. The first-order valence-corrected chi connectivity index (χ1v) is 5.67. The molecule has 90 valence electrons. The number of rotatable bonds is 3. The van der Waals surface area contributed by atoms with Gasteiger partial charge < -0.3 is 9.53 Å². The van der Waals surface area contributed by atoms with Crippen LogP contribution in [-0.4, -0.2) is 18.4 Å². The Hall–Kier alpha value is -1.12. The van der Waals surface area contributed by atoms with E-state index in [1.807, 2.05) is 6.92 Å². The van der Waals surface area contributed by atoms with E-state index in [1.165, 1.54) is 18.1 Å². The predicted molar refractivity (Wildman–Crippen MR) is 62.0 cm³/mol. The van der Waals surface area contributed by atoms with Crippen LogP contribution in [0.2, 0.25) is 0 Å². The number of hydrogen-bond donors (Lipinski definition) is 0. The second-order valence-corrected chi connectivity index (χ2v) is 5.15. The Balaban J connectivity index is 2.87. The van der Waals surface area contributed by atoms with Crippen LogP contribution in [0, 0.1) is 5.41 Å². The molecular weight excluding hydrogens is 204 g/mol. The summed E-state index contributed by atoms with van der Waals surface area (Å²) in [5, 5.41) is 0. The van der Waals surface area contributed by atoms with Gasteiger partial charge in [0.1, 0.15) is 12.4 Å².